The Morgan fingerprint density at radius 1 is 1.31 bits per heavy atom. The SMILES string of the molecule is O=C(O)c1ccc(C2CC2)c(OC2CC2)n1. The Bertz CT molecular complexity index is 436. The number of aromatic nitrogens is 1. The molecule has 0 unspecified atom stereocenters. The molecule has 0 saturated heterocycles. The van der Waals surface area contributed by atoms with Crippen LogP contribution in [-0.4, -0.2) is 22.2 Å². The molecule has 16 heavy (non-hydrogen) atoms. The fraction of sp³-hybridized carbons (Fsp3) is 0.500. The zero-order valence-electron chi connectivity index (χ0n) is 8.85. The van der Waals surface area contributed by atoms with Crippen LogP contribution in [0.15, 0.2) is 12.1 Å². The first-order chi connectivity index (χ1) is 7.74. The van der Waals surface area contributed by atoms with Crippen LogP contribution in [0.5, 0.6) is 5.88 Å². The topological polar surface area (TPSA) is 59.4 Å². The van der Waals surface area contributed by atoms with Crippen molar-refractivity contribution in [2.75, 3.05) is 0 Å². The summed E-state index contributed by atoms with van der Waals surface area (Å²) in [6, 6.07) is 3.42. The fourth-order valence-corrected chi connectivity index (χ4v) is 1.71. The van der Waals surface area contributed by atoms with Crippen molar-refractivity contribution < 1.29 is 14.6 Å². The second-order valence-corrected chi connectivity index (χ2v) is 4.49. The van der Waals surface area contributed by atoms with Crippen LogP contribution in [0, 0.1) is 0 Å². The van der Waals surface area contributed by atoms with Gasteiger partial charge in [0.15, 0.2) is 5.69 Å². The minimum atomic E-state index is -0.997. The number of carbonyl (C=O) groups is 1. The zero-order valence-corrected chi connectivity index (χ0v) is 8.85. The standard InChI is InChI=1S/C12H13NO3/c14-12(15)10-6-5-9(7-1-2-7)11(13-10)16-8-3-4-8/h5-8H,1-4H2,(H,14,15). The number of rotatable bonds is 4. The third-order valence-electron chi connectivity index (χ3n) is 2.93. The molecule has 2 fully saturated rings. The summed E-state index contributed by atoms with van der Waals surface area (Å²) in [4.78, 5) is 14.9. The molecule has 0 aromatic carbocycles. The van der Waals surface area contributed by atoms with Crippen molar-refractivity contribution in [3.63, 3.8) is 0 Å². The summed E-state index contributed by atoms with van der Waals surface area (Å²) in [5.74, 6) is 0.0805. The van der Waals surface area contributed by atoms with Crippen LogP contribution in [0.1, 0.15) is 47.7 Å². The smallest absolute Gasteiger partial charge is 0.354 e. The van der Waals surface area contributed by atoms with Crippen LogP contribution in [0.4, 0.5) is 0 Å². The van der Waals surface area contributed by atoms with E-state index >= 15 is 0 Å². The van der Waals surface area contributed by atoms with E-state index in [0.717, 1.165) is 31.2 Å². The zero-order chi connectivity index (χ0) is 11.1. The summed E-state index contributed by atoms with van der Waals surface area (Å²) in [6.07, 6.45) is 4.70. The second kappa shape index (κ2) is 3.47. The highest BCUT2D eigenvalue weighted by molar-refractivity contribution is 5.85. The lowest BCUT2D eigenvalue weighted by atomic mass is 10.1. The van der Waals surface area contributed by atoms with E-state index in [1.165, 1.54) is 0 Å². The number of carboxylic acids is 1. The monoisotopic (exact) mass is 219 g/mol. The summed E-state index contributed by atoms with van der Waals surface area (Å²) in [7, 11) is 0. The summed E-state index contributed by atoms with van der Waals surface area (Å²) < 4.78 is 5.67. The number of ether oxygens (including phenoxy) is 1. The van der Waals surface area contributed by atoms with Gasteiger partial charge < -0.3 is 9.84 Å². The first-order valence-electron chi connectivity index (χ1n) is 5.65. The second-order valence-electron chi connectivity index (χ2n) is 4.49. The van der Waals surface area contributed by atoms with Gasteiger partial charge in [0.2, 0.25) is 5.88 Å². The molecule has 1 aromatic rings. The van der Waals surface area contributed by atoms with Gasteiger partial charge in [0.1, 0.15) is 6.10 Å². The molecular formula is C12H13NO3. The van der Waals surface area contributed by atoms with Gasteiger partial charge in [-0.2, -0.15) is 0 Å². The Morgan fingerprint density at radius 3 is 2.62 bits per heavy atom. The summed E-state index contributed by atoms with van der Waals surface area (Å²) in [6.45, 7) is 0. The van der Waals surface area contributed by atoms with Gasteiger partial charge >= 0.3 is 5.97 Å². The van der Waals surface area contributed by atoms with Crippen LogP contribution >= 0.6 is 0 Å². The van der Waals surface area contributed by atoms with Gasteiger partial charge in [-0.3, -0.25) is 0 Å². The van der Waals surface area contributed by atoms with E-state index in [4.69, 9.17) is 9.84 Å². The van der Waals surface area contributed by atoms with E-state index in [0.29, 0.717) is 11.8 Å². The molecule has 4 nitrogen and oxygen atoms in total. The maximum Gasteiger partial charge on any atom is 0.354 e. The van der Waals surface area contributed by atoms with Crippen molar-refractivity contribution in [3.8, 4) is 5.88 Å². The molecule has 84 valence electrons. The van der Waals surface area contributed by atoms with Crippen LogP contribution in [-0.2, 0) is 0 Å². The molecule has 0 radical (unpaired) electrons. The number of aromatic carboxylic acids is 1. The average Bonchev–Trinajstić information content (AvgIpc) is 3.12. The van der Waals surface area contributed by atoms with Crippen LogP contribution in [0.3, 0.4) is 0 Å². The molecule has 0 spiro atoms. The molecule has 1 heterocycles. The molecule has 2 aliphatic rings. The van der Waals surface area contributed by atoms with Crippen LogP contribution in [0.25, 0.3) is 0 Å². The summed E-state index contributed by atoms with van der Waals surface area (Å²) >= 11 is 0. The van der Waals surface area contributed by atoms with Gasteiger partial charge in [0, 0.05) is 5.56 Å². The molecule has 1 N–H and O–H groups in total. The maximum atomic E-state index is 10.8. The molecule has 0 aliphatic heterocycles. The Hall–Kier alpha value is -1.58. The van der Waals surface area contributed by atoms with Crippen molar-refractivity contribution in [3.05, 3.63) is 23.4 Å². The minimum Gasteiger partial charge on any atom is -0.477 e. The van der Waals surface area contributed by atoms with Crippen molar-refractivity contribution >= 4 is 5.97 Å². The molecule has 4 heteroatoms. The van der Waals surface area contributed by atoms with Gasteiger partial charge in [-0.1, -0.05) is 6.07 Å². The van der Waals surface area contributed by atoms with Crippen LogP contribution in [0.2, 0.25) is 0 Å². The van der Waals surface area contributed by atoms with E-state index < -0.39 is 5.97 Å². The predicted molar refractivity (Wildman–Crippen MR) is 56.8 cm³/mol. The molecule has 1 aromatic heterocycles. The van der Waals surface area contributed by atoms with E-state index in [-0.39, 0.29) is 11.8 Å². The predicted octanol–water partition coefficient (Wildman–Crippen LogP) is 2.20. The molecule has 0 amide bonds. The lowest BCUT2D eigenvalue weighted by Crippen LogP contribution is -2.06. The average molecular weight is 219 g/mol. The van der Waals surface area contributed by atoms with E-state index in [9.17, 15) is 4.79 Å². The molecule has 2 aliphatic carbocycles. The quantitative estimate of drug-likeness (QED) is 0.843. The Labute approximate surface area is 93.3 Å². The first kappa shape index (κ1) is 9.63. The van der Waals surface area contributed by atoms with Gasteiger partial charge in [0.25, 0.3) is 0 Å². The highest BCUT2D eigenvalue weighted by Gasteiger charge is 2.31. The lowest BCUT2D eigenvalue weighted by molar-refractivity contribution is 0.0689. The third-order valence-corrected chi connectivity index (χ3v) is 2.93. The number of carboxylic acid groups (broad SMARTS) is 1. The number of hydrogen-bond acceptors (Lipinski definition) is 3. The molecule has 2 saturated carbocycles. The normalized spacial score (nSPS) is 19.5. The Kier molecular flexibility index (Phi) is 2.09. The van der Waals surface area contributed by atoms with Crippen molar-refractivity contribution in [1.29, 1.82) is 0 Å². The van der Waals surface area contributed by atoms with Gasteiger partial charge in [-0.15, -0.1) is 0 Å². The molecule has 0 atom stereocenters. The maximum absolute atomic E-state index is 10.8. The van der Waals surface area contributed by atoms with Crippen molar-refractivity contribution in [1.82, 2.24) is 4.98 Å². The molecular weight excluding hydrogens is 206 g/mol. The molecule has 0 bridgehead atoms. The van der Waals surface area contributed by atoms with E-state index in [1.807, 2.05) is 6.07 Å². The van der Waals surface area contributed by atoms with Gasteiger partial charge in [-0.25, -0.2) is 9.78 Å². The van der Waals surface area contributed by atoms with Crippen LogP contribution < -0.4 is 4.74 Å². The van der Waals surface area contributed by atoms with Gasteiger partial charge in [-0.05, 0) is 37.7 Å². The van der Waals surface area contributed by atoms with E-state index in [1.54, 1.807) is 6.07 Å². The van der Waals surface area contributed by atoms with Crippen molar-refractivity contribution in [2.45, 2.75) is 37.7 Å². The van der Waals surface area contributed by atoms with E-state index in [2.05, 4.69) is 4.98 Å². The summed E-state index contributed by atoms with van der Waals surface area (Å²) in [5, 5.41) is 8.89. The third kappa shape index (κ3) is 1.87. The largest absolute Gasteiger partial charge is 0.477 e. The minimum absolute atomic E-state index is 0.0695. The number of nitrogens with zero attached hydrogens (tertiary/aromatic N) is 1. The van der Waals surface area contributed by atoms with Crippen molar-refractivity contribution in [2.24, 2.45) is 0 Å². The summed E-state index contributed by atoms with van der Waals surface area (Å²) in [5.41, 5.74) is 1.15. The molecule has 3 rings (SSSR count). The fourth-order valence-electron chi connectivity index (χ4n) is 1.71. The lowest BCUT2D eigenvalue weighted by Gasteiger charge is -2.09. The van der Waals surface area contributed by atoms with Gasteiger partial charge in [0.05, 0.1) is 0 Å². The number of hydrogen-bond donors (Lipinski definition) is 1. The highest BCUT2D eigenvalue weighted by Crippen LogP contribution is 2.44. The number of pyridine rings is 1. The highest BCUT2D eigenvalue weighted by atomic mass is 16.5. The first-order valence-corrected chi connectivity index (χ1v) is 5.65. The Balaban J connectivity index is 1.93. The Morgan fingerprint density at radius 2 is 2.06 bits per heavy atom.